The summed E-state index contributed by atoms with van der Waals surface area (Å²) in [5, 5.41) is 17.2. The summed E-state index contributed by atoms with van der Waals surface area (Å²) < 4.78 is 0. The molecule has 0 aromatic heterocycles. The van der Waals surface area contributed by atoms with Crippen molar-refractivity contribution in [3.05, 3.63) is 35.4 Å². The van der Waals surface area contributed by atoms with Crippen molar-refractivity contribution < 1.29 is 9.90 Å². The van der Waals surface area contributed by atoms with Gasteiger partial charge in [0.1, 0.15) is 6.04 Å². The molecule has 0 heterocycles. The number of halogens is 1. The molecule has 4 nitrogen and oxygen atoms in total. The van der Waals surface area contributed by atoms with Crippen molar-refractivity contribution in [3.8, 4) is 6.07 Å². The minimum absolute atomic E-state index is 0. The van der Waals surface area contributed by atoms with E-state index >= 15 is 0 Å². The molecule has 0 unspecified atom stereocenters. The van der Waals surface area contributed by atoms with Gasteiger partial charge in [0.25, 0.3) is 0 Å². The summed E-state index contributed by atoms with van der Waals surface area (Å²) in [5.74, 6) is -1.03. The Bertz CT molecular complexity index is 387. The van der Waals surface area contributed by atoms with E-state index in [0.717, 1.165) is 5.56 Å². The van der Waals surface area contributed by atoms with Gasteiger partial charge in [-0.25, -0.2) is 0 Å². The van der Waals surface area contributed by atoms with Gasteiger partial charge in [-0.15, -0.1) is 12.4 Å². The first-order valence-electron chi connectivity index (χ1n) is 4.11. The zero-order valence-corrected chi connectivity index (χ0v) is 8.70. The lowest BCUT2D eigenvalue weighted by molar-refractivity contribution is -0.138. The lowest BCUT2D eigenvalue weighted by Gasteiger charge is -2.05. The van der Waals surface area contributed by atoms with E-state index in [4.69, 9.17) is 16.1 Å². The van der Waals surface area contributed by atoms with Crippen LogP contribution in [0.1, 0.15) is 11.1 Å². The van der Waals surface area contributed by atoms with Gasteiger partial charge >= 0.3 is 5.97 Å². The number of nitrogens with two attached hydrogens (primary N) is 1. The monoisotopic (exact) mass is 226 g/mol. The molecule has 1 aromatic rings. The zero-order valence-electron chi connectivity index (χ0n) is 7.88. The summed E-state index contributed by atoms with van der Waals surface area (Å²) in [7, 11) is 0. The third kappa shape index (κ3) is 3.98. The second-order valence-electron chi connectivity index (χ2n) is 2.96. The molecular weight excluding hydrogens is 216 g/mol. The highest BCUT2D eigenvalue weighted by atomic mass is 35.5. The summed E-state index contributed by atoms with van der Waals surface area (Å²) in [6.45, 7) is 0. The van der Waals surface area contributed by atoms with Crippen molar-refractivity contribution in [3.63, 3.8) is 0 Å². The number of rotatable bonds is 3. The molecule has 0 aliphatic heterocycles. The second-order valence-corrected chi connectivity index (χ2v) is 2.96. The van der Waals surface area contributed by atoms with Crippen molar-refractivity contribution in [2.75, 3.05) is 0 Å². The third-order valence-corrected chi connectivity index (χ3v) is 1.83. The molecule has 15 heavy (non-hydrogen) atoms. The van der Waals surface area contributed by atoms with Crippen molar-refractivity contribution in [2.24, 2.45) is 5.73 Å². The predicted octanol–water partition coefficient (Wildman–Crippen LogP) is 0.934. The zero-order chi connectivity index (χ0) is 10.6. The van der Waals surface area contributed by atoms with Crippen molar-refractivity contribution in [1.82, 2.24) is 0 Å². The molecule has 0 saturated heterocycles. The molecule has 0 spiro atoms. The fourth-order valence-corrected chi connectivity index (χ4v) is 1.11. The number of nitriles is 1. The summed E-state index contributed by atoms with van der Waals surface area (Å²) in [6.07, 6.45) is 0.241. The van der Waals surface area contributed by atoms with Gasteiger partial charge in [-0.2, -0.15) is 5.26 Å². The lowest BCUT2D eigenvalue weighted by Crippen LogP contribution is -2.32. The average Bonchev–Trinajstić information content (AvgIpc) is 2.18. The maximum Gasteiger partial charge on any atom is 0.320 e. The molecule has 1 rings (SSSR count). The first-order chi connectivity index (χ1) is 6.63. The van der Waals surface area contributed by atoms with Crippen LogP contribution in [0, 0.1) is 11.3 Å². The Hall–Kier alpha value is -1.57. The number of hydrogen-bond acceptors (Lipinski definition) is 3. The average molecular weight is 227 g/mol. The van der Waals surface area contributed by atoms with Crippen molar-refractivity contribution >= 4 is 18.4 Å². The molecule has 0 saturated carbocycles. The normalized spacial score (nSPS) is 10.9. The van der Waals surface area contributed by atoms with E-state index in [9.17, 15) is 4.79 Å². The van der Waals surface area contributed by atoms with Crippen LogP contribution < -0.4 is 5.73 Å². The number of aliphatic carboxylic acids is 1. The quantitative estimate of drug-likeness (QED) is 0.803. The van der Waals surface area contributed by atoms with Crippen LogP contribution in [-0.4, -0.2) is 17.1 Å². The first-order valence-corrected chi connectivity index (χ1v) is 4.11. The molecule has 0 fully saturated rings. The van der Waals surface area contributed by atoms with Crippen LogP contribution in [0.2, 0.25) is 0 Å². The number of benzene rings is 1. The molecule has 80 valence electrons. The summed E-state index contributed by atoms with van der Waals surface area (Å²) >= 11 is 0. The van der Waals surface area contributed by atoms with Crippen molar-refractivity contribution in [2.45, 2.75) is 12.5 Å². The molecule has 1 atom stereocenters. The van der Waals surface area contributed by atoms with E-state index in [2.05, 4.69) is 0 Å². The first kappa shape index (κ1) is 13.4. The van der Waals surface area contributed by atoms with Crippen LogP contribution in [0.15, 0.2) is 24.3 Å². The highest BCUT2D eigenvalue weighted by Crippen LogP contribution is 2.06. The Morgan fingerprint density at radius 3 is 2.80 bits per heavy atom. The molecule has 0 radical (unpaired) electrons. The maximum atomic E-state index is 10.5. The van der Waals surface area contributed by atoms with E-state index in [1.807, 2.05) is 6.07 Å². The van der Waals surface area contributed by atoms with Crippen LogP contribution in [-0.2, 0) is 11.2 Å². The smallest absolute Gasteiger partial charge is 0.320 e. The number of carboxylic acid groups (broad SMARTS) is 1. The molecule has 0 aliphatic carbocycles. The molecule has 0 amide bonds. The molecule has 5 heteroatoms. The fraction of sp³-hybridized carbons (Fsp3) is 0.200. The van der Waals surface area contributed by atoms with Crippen LogP contribution >= 0.6 is 12.4 Å². The molecule has 0 bridgehead atoms. The topological polar surface area (TPSA) is 87.1 Å². The highest BCUT2D eigenvalue weighted by Gasteiger charge is 2.11. The van der Waals surface area contributed by atoms with Crippen molar-refractivity contribution in [1.29, 1.82) is 5.26 Å². The maximum absolute atomic E-state index is 10.5. The van der Waals surface area contributed by atoms with Gasteiger partial charge in [-0.05, 0) is 24.1 Å². The molecular formula is C10H11ClN2O2. The molecule has 0 aliphatic rings. The summed E-state index contributed by atoms with van der Waals surface area (Å²) in [5.41, 5.74) is 6.63. The predicted molar refractivity (Wildman–Crippen MR) is 57.7 cm³/mol. The Morgan fingerprint density at radius 2 is 2.27 bits per heavy atom. The minimum Gasteiger partial charge on any atom is -0.480 e. The summed E-state index contributed by atoms with van der Waals surface area (Å²) in [4.78, 5) is 10.5. The van der Waals surface area contributed by atoms with Crippen LogP contribution in [0.25, 0.3) is 0 Å². The molecule has 3 N–H and O–H groups in total. The second kappa shape index (κ2) is 6.02. The number of carbonyl (C=O) groups is 1. The Balaban J connectivity index is 0.00000196. The van der Waals surface area contributed by atoms with Crippen LogP contribution in [0.4, 0.5) is 0 Å². The highest BCUT2D eigenvalue weighted by molar-refractivity contribution is 5.85. The Labute approximate surface area is 93.7 Å². The third-order valence-electron chi connectivity index (χ3n) is 1.83. The SMILES string of the molecule is Cl.N#Cc1cccc(C[C@@H](N)C(=O)O)c1. The minimum atomic E-state index is -1.03. The standard InChI is InChI=1S/C10H10N2O2.ClH/c11-6-8-3-1-2-7(4-8)5-9(12)10(13)14;/h1-4,9H,5,12H2,(H,13,14);1H/t9-;/m1./s1. The van der Waals surface area contributed by atoms with E-state index in [-0.39, 0.29) is 18.8 Å². The van der Waals surface area contributed by atoms with Crippen LogP contribution in [0.5, 0.6) is 0 Å². The largest absolute Gasteiger partial charge is 0.480 e. The van der Waals surface area contributed by atoms with E-state index < -0.39 is 12.0 Å². The number of nitrogens with zero attached hydrogens (tertiary/aromatic N) is 1. The summed E-state index contributed by atoms with van der Waals surface area (Å²) in [6, 6.07) is 7.84. The Kier molecular flexibility index (Phi) is 5.39. The number of carboxylic acids is 1. The van der Waals surface area contributed by atoms with Gasteiger partial charge in [0, 0.05) is 0 Å². The van der Waals surface area contributed by atoms with E-state index in [1.54, 1.807) is 24.3 Å². The van der Waals surface area contributed by atoms with Gasteiger partial charge < -0.3 is 10.8 Å². The number of hydrogen-bond donors (Lipinski definition) is 2. The molecule has 1 aromatic carbocycles. The lowest BCUT2D eigenvalue weighted by atomic mass is 10.0. The van der Waals surface area contributed by atoms with Crippen LogP contribution in [0.3, 0.4) is 0 Å². The van der Waals surface area contributed by atoms with E-state index in [0.29, 0.717) is 5.56 Å². The van der Waals surface area contributed by atoms with Gasteiger partial charge in [0.05, 0.1) is 11.6 Å². The van der Waals surface area contributed by atoms with Gasteiger partial charge in [0.15, 0.2) is 0 Å². The Morgan fingerprint density at radius 1 is 1.60 bits per heavy atom. The fourth-order valence-electron chi connectivity index (χ4n) is 1.11. The van der Waals surface area contributed by atoms with Gasteiger partial charge in [-0.3, -0.25) is 4.79 Å². The van der Waals surface area contributed by atoms with Gasteiger partial charge in [0.2, 0.25) is 0 Å². The van der Waals surface area contributed by atoms with E-state index in [1.165, 1.54) is 0 Å². The van der Waals surface area contributed by atoms with Gasteiger partial charge in [-0.1, -0.05) is 12.1 Å².